The van der Waals surface area contributed by atoms with E-state index in [1.165, 1.54) is 6.92 Å². The van der Waals surface area contributed by atoms with E-state index in [0.29, 0.717) is 9.08 Å². The highest BCUT2D eigenvalue weighted by Crippen LogP contribution is 2.36. The second-order valence-corrected chi connectivity index (χ2v) is 11.0. The minimum Gasteiger partial charge on any atom is -0.485 e. The summed E-state index contributed by atoms with van der Waals surface area (Å²) < 4.78 is 151. The second kappa shape index (κ2) is 11.1. The molecule has 0 spiro atoms. The third kappa shape index (κ3) is 6.40. The van der Waals surface area contributed by atoms with Crippen molar-refractivity contribution in [1.82, 2.24) is 19.2 Å². The van der Waals surface area contributed by atoms with E-state index >= 15 is 0 Å². The van der Waals surface area contributed by atoms with Crippen molar-refractivity contribution in [3.63, 3.8) is 0 Å². The summed E-state index contributed by atoms with van der Waals surface area (Å²) in [5.74, 6) is -7.32. The van der Waals surface area contributed by atoms with Gasteiger partial charge in [-0.1, -0.05) is 19.1 Å². The summed E-state index contributed by atoms with van der Waals surface area (Å²) in [5, 5.41) is 3.95. The van der Waals surface area contributed by atoms with E-state index in [-0.39, 0.29) is 16.8 Å². The van der Waals surface area contributed by atoms with Gasteiger partial charge in [0.1, 0.15) is 16.4 Å². The van der Waals surface area contributed by atoms with E-state index < -0.39 is 74.7 Å². The lowest BCUT2D eigenvalue weighted by molar-refractivity contribution is -0.290. The van der Waals surface area contributed by atoms with Gasteiger partial charge >= 0.3 is 30.3 Å². The highest BCUT2D eigenvalue weighted by Gasteiger charge is 2.58. The number of benzene rings is 1. The van der Waals surface area contributed by atoms with Crippen LogP contribution in [0.2, 0.25) is 0 Å². The van der Waals surface area contributed by atoms with Gasteiger partial charge < -0.3 is 9.47 Å². The number of rotatable bonds is 10. The number of nitrogens with zero attached hydrogens (tertiary/aromatic N) is 4. The van der Waals surface area contributed by atoms with Crippen LogP contribution in [0.4, 0.5) is 39.5 Å². The lowest BCUT2D eigenvalue weighted by atomic mass is 10.1. The Bertz CT molecular complexity index is 1800. The first-order valence-corrected chi connectivity index (χ1v) is 13.4. The van der Waals surface area contributed by atoms with Gasteiger partial charge in [-0.05, 0) is 35.9 Å². The van der Waals surface area contributed by atoms with Crippen LogP contribution in [0.5, 0.6) is 11.5 Å². The number of hydrogen-bond donors (Lipinski definition) is 0. The van der Waals surface area contributed by atoms with Crippen molar-refractivity contribution in [2.24, 2.45) is 0 Å². The first-order valence-electron chi connectivity index (χ1n) is 11.7. The normalized spacial score (nSPS) is 13.1. The summed E-state index contributed by atoms with van der Waals surface area (Å²) in [6.07, 6.45) is -12.9. The van der Waals surface area contributed by atoms with Crippen LogP contribution in [0.25, 0.3) is 22.6 Å². The lowest BCUT2D eigenvalue weighted by Crippen LogP contribution is -2.41. The number of fused-ring (bicyclic) bond motifs is 1. The molecule has 19 heteroatoms. The second-order valence-electron chi connectivity index (χ2n) is 8.72. The van der Waals surface area contributed by atoms with Gasteiger partial charge in [0.2, 0.25) is 0 Å². The Balaban J connectivity index is 1.72. The van der Waals surface area contributed by atoms with Gasteiger partial charge in [0.15, 0.2) is 27.9 Å². The summed E-state index contributed by atoms with van der Waals surface area (Å²) in [6.45, 7) is -0.789. The van der Waals surface area contributed by atoms with Crippen molar-refractivity contribution in [1.29, 1.82) is 0 Å². The number of alkyl halides is 9. The van der Waals surface area contributed by atoms with Crippen molar-refractivity contribution in [3.8, 4) is 28.4 Å². The van der Waals surface area contributed by atoms with Crippen molar-refractivity contribution < 1.29 is 57.4 Å². The molecule has 0 saturated heterocycles. The fourth-order valence-corrected chi connectivity index (χ4v) is 4.53. The van der Waals surface area contributed by atoms with E-state index in [2.05, 4.69) is 19.6 Å². The van der Waals surface area contributed by atoms with Gasteiger partial charge in [0.25, 0.3) is 0 Å². The Morgan fingerprint density at radius 1 is 0.930 bits per heavy atom. The number of aromatic nitrogens is 4. The van der Waals surface area contributed by atoms with Crippen molar-refractivity contribution in [3.05, 3.63) is 65.3 Å². The van der Waals surface area contributed by atoms with Gasteiger partial charge in [0, 0.05) is 11.8 Å². The van der Waals surface area contributed by atoms with Crippen LogP contribution in [0.3, 0.4) is 0 Å². The molecule has 3 heterocycles. The molecule has 43 heavy (non-hydrogen) atoms. The molecule has 3 aromatic heterocycles. The highest BCUT2D eigenvalue weighted by atomic mass is 32.2. The van der Waals surface area contributed by atoms with Crippen LogP contribution >= 0.6 is 0 Å². The summed E-state index contributed by atoms with van der Waals surface area (Å²) in [4.78, 5) is 16.6. The first-order chi connectivity index (χ1) is 19.9. The van der Waals surface area contributed by atoms with E-state index in [0.717, 1.165) is 54.9 Å². The summed E-state index contributed by atoms with van der Waals surface area (Å²) in [6, 6.07) is 7.29. The van der Waals surface area contributed by atoms with Crippen LogP contribution in [0.1, 0.15) is 6.92 Å². The average Bonchev–Trinajstić information content (AvgIpc) is 3.26. The topological polar surface area (TPSA) is 105 Å². The predicted molar refractivity (Wildman–Crippen MR) is 130 cm³/mol. The molecule has 0 fully saturated rings. The zero-order valence-corrected chi connectivity index (χ0v) is 22.1. The zero-order chi connectivity index (χ0) is 32.0. The molecule has 0 radical (unpaired) electrons. The van der Waals surface area contributed by atoms with Gasteiger partial charge in [-0.2, -0.15) is 44.2 Å². The van der Waals surface area contributed by atoms with Gasteiger partial charge in [-0.3, -0.25) is 0 Å². The standard InChI is InChI=1S/C24H17F9N4O5S/c1-2-43(39,40)17-9-14(13-3-5-15(6-4-13)42-23(29,30)20(25)26)10-34-19(17)37-21(38)36-11-16(7-8-18(36)35-37)41-12-22(27,28)24(31,32)33/h3-11,20H,2,12H2,1H3. The van der Waals surface area contributed by atoms with Crippen LogP contribution in [-0.4, -0.2) is 64.6 Å². The SMILES string of the molecule is CCS(=O)(=O)c1cc(-c2ccc(OC(F)(F)C(F)F)cc2)cnc1-n1nc2ccc(OCC(F)(F)C(F)(F)F)cn2c1=O. The Morgan fingerprint density at radius 2 is 1.56 bits per heavy atom. The Labute approximate surface area is 235 Å². The van der Waals surface area contributed by atoms with Crippen LogP contribution < -0.4 is 15.2 Å². The largest absolute Gasteiger partial charge is 0.485 e. The molecule has 9 nitrogen and oxygen atoms in total. The van der Waals surface area contributed by atoms with Gasteiger partial charge in [-0.25, -0.2) is 22.6 Å². The molecule has 232 valence electrons. The molecule has 0 atom stereocenters. The molecule has 0 aliphatic rings. The van der Waals surface area contributed by atoms with E-state index in [9.17, 15) is 52.7 Å². The fourth-order valence-electron chi connectivity index (χ4n) is 3.49. The maximum absolute atomic E-state index is 13.2. The van der Waals surface area contributed by atoms with Crippen molar-refractivity contribution in [2.75, 3.05) is 12.4 Å². The van der Waals surface area contributed by atoms with Crippen LogP contribution in [0.15, 0.2) is 64.5 Å². The quantitative estimate of drug-likeness (QED) is 0.220. The fraction of sp³-hybridized carbons (Fsp3) is 0.292. The Kier molecular flexibility index (Phi) is 8.16. The molecule has 4 aromatic rings. The smallest absolute Gasteiger partial charge is 0.461 e. The summed E-state index contributed by atoms with van der Waals surface area (Å²) >= 11 is 0. The summed E-state index contributed by atoms with van der Waals surface area (Å²) in [7, 11) is -4.14. The van der Waals surface area contributed by atoms with Gasteiger partial charge in [0.05, 0.1) is 11.9 Å². The maximum atomic E-state index is 13.2. The number of sulfone groups is 1. The third-order valence-corrected chi connectivity index (χ3v) is 7.50. The zero-order valence-electron chi connectivity index (χ0n) is 21.3. The molecule has 4 rings (SSSR count). The molecule has 1 aromatic carbocycles. The molecule has 0 aliphatic heterocycles. The van der Waals surface area contributed by atoms with Crippen molar-refractivity contribution in [2.45, 2.75) is 36.5 Å². The van der Waals surface area contributed by atoms with Gasteiger partial charge in [-0.15, -0.1) is 5.10 Å². The maximum Gasteiger partial charge on any atom is 0.461 e. The van der Waals surface area contributed by atoms with E-state index in [4.69, 9.17) is 0 Å². The molecule has 0 aliphatic carbocycles. The Hall–Kier alpha value is -4.29. The minimum absolute atomic E-state index is 0.0982. The monoisotopic (exact) mass is 644 g/mol. The molecular formula is C24H17F9N4O5S. The molecular weight excluding hydrogens is 627 g/mol. The Morgan fingerprint density at radius 3 is 2.14 bits per heavy atom. The molecule has 0 bridgehead atoms. The molecule has 0 saturated carbocycles. The lowest BCUT2D eigenvalue weighted by Gasteiger charge is -2.19. The molecule has 0 amide bonds. The first kappa shape index (κ1) is 31.6. The average molecular weight is 644 g/mol. The number of hydrogen-bond acceptors (Lipinski definition) is 7. The predicted octanol–water partition coefficient (Wildman–Crippen LogP) is 5.15. The minimum atomic E-state index is -5.88. The van der Waals surface area contributed by atoms with Crippen molar-refractivity contribution >= 4 is 15.5 Å². The summed E-state index contributed by atoms with van der Waals surface area (Å²) in [5.41, 5.74) is -0.973. The van der Waals surface area contributed by atoms with E-state index in [1.54, 1.807) is 0 Å². The van der Waals surface area contributed by atoms with Crippen LogP contribution in [0, 0.1) is 0 Å². The van der Waals surface area contributed by atoms with Crippen LogP contribution in [-0.2, 0) is 9.84 Å². The third-order valence-electron chi connectivity index (χ3n) is 5.77. The number of halogens is 9. The molecule has 0 N–H and O–H groups in total. The number of pyridine rings is 2. The highest BCUT2D eigenvalue weighted by molar-refractivity contribution is 7.91. The number of ether oxygens (including phenoxy) is 2. The molecule has 0 unspecified atom stereocenters. The van der Waals surface area contributed by atoms with E-state index in [1.807, 2.05) is 0 Å².